The maximum Gasteiger partial charge on any atom is 0.305 e. The van der Waals surface area contributed by atoms with Gasteiger partial charge in [-0.2, -0.15) is 10.5 Å². The predicted octanol–water partition coefficient (Wildman–Crippen LogP) is 3.29. The van der Waals surface area contributed by atoms with E-state index in [1.807, 2.05) is 0 Å². The van der Waals surface area contributed by atoms with Crippen LogP contribution in [0.3, 0.4) is 0 Å². The molecule has 1 aliphatic heterocycles. The van der Waals surface area contributed by atoms with Gasteiger partial charge < -0.3 is 24.2 Å². The molecule has 0 spiro atoms. The molecule has 0 aliphatic carbocycles. The Morgan fingerprint density at radius 3 is 1.90 bits per heavy atom. The third-order valence-electron chi connectivity index (χ3n) is 6.88. The van der Waals surface area contributed by atoms with Crippen LogP contribution in [-0.2, 0) is 23.8 Å². The third kappa shape index (κ3) is 17.9. The second-order valence-electron chi connectivity index (χ2n) is 10.5. The van der Waals surface area contributed by atoms with Crippen molar-refractivity contribution in [1.82, 2.24) is 9.80 Å². The van der Waals surface area contributed by atoms with Gasteiger partial charge in [0, 0.05) is 45.1 Å². The van der Waals surface area contributed by atoms with E-state index in [2.05, 4.69) is 21.9 Å². The summed E-state index contributed by atoms with van der Waals surface area (Å²) in [4.78, 5) is 28.5. The first kappa shape index (κ1) is 34.8. The second kappa shape index (κ2) is 22.6. The molecule has 3 atom stereocenters. The summed E-state index contributed by atoms with van der Waals surface area (Å²) in [5, 5.41) is 27.2. The number of hydrogen-bond acceptors (Lipinski definition) is 10. The number of carbonyl (C=O) groups excluding carboxylic acids is 2. The number of aliphatic hydroxyl groups is 1. The van der Waals surface area contributed by atoms with Crippen molar-refractivity contribution in [3.8, 4) is 12.1 Å². The maximum atomic E-state index is 11.9. The van der Waals surface area contributed by atoms with E-state index in [4.69, 9.17) is 24.7 Å². The quantitative estimate of drug-likeness (QED) is 0.158. The van der Waals surface area contributed by atoms with Gasteiger partial charge in [-0.05, 0) is 65.5 Å². The number of rotatable bonds is 22. The Kier molecular flexibility index (Phi) is 20.1. The van der Waals surface area contributed by atoms with E-state index in [9.17, 15) is 14.7 Å². The molecular weight excluding hydrogens is 500 g/mol. The van der Waals surface area contributed by atoms with Crippen LogP contribution >= 0.6 is 0 Å². The van der Waals surface area contributed by atoms with Crippen LogP contribution in [0.15, 0.2) is 0 Å². The molecule has 0 aromatic rings. The summed E-state index contributed by atoms with van der Waals surface area (Å²) in [5.74, 6) is -1.07. The first-order chi connectivity index (χ1) is 18.9. The van der Waals surface area contributed by atoms with Crippen LogP contribution in [0.2, 0.25) is 0 Å². The summed E-state index contributed by atoms with van der Waals surface area (Å²) < 4.78 is 15.9. The van der Waals surface area contributed by atoms with Crippen LogP contribution in [0.4, 0.5) is 0 Å². The van der Waals surface area contributed by atoms with Crippen molar-refractivity contribution in [2.45, 2.75) is 84.1 Å². The molecular formula is C29H50N4O6. The molecule has 0 saturated carbocycles. The third-order valence-corrected chi connectivity index (χ3v) is 6.88. The van der Waals surface area contributed by atoms with Crippen molar-refractivity contribution in [3.63, 3.8) is 0 Å². The van der Waals surface area contributed by atoms with Gasteiger partial charge in [0.25, 0.3) is 0 Å². The molecule has 222 valence electrons. The number of aliphatic hydroxyl groups excluding tert-OH is 1. The number of ether oxygens (including phenoxy) is 3. The van der Waals surface area contributed by atoms with Crippen molar-refractivity contribution in [1.29, 1.82) is 10.5 Å². The zero-order valence-corrected chi connectivity index (χ0v) is 24.2. The predicted molar refractivity (Wildman–Crippen MR) is 147 cm³/mol. The van der Waals surface area contributed by atoms with Crippen molar-refractivity contribution in [2.75, 3.05) is 65.8 Å². The lowest BCUT2D eigenvalue weighted by molar-refractivity contribution is -0.145. The van der Waals surface area contributed by atoms with Gasteiger partial charge in [0.15, 0.2) is 0 Å². The van der Waals surface area contributed by atoms with Gasteiger partial charge in [0.1, 0.15) is 13.2 Å². The fraction of sp³-hybridized carbons (Fsp3) is 0.862. The minimum Gasteiger partial charge on any atom is -0.464 e. The first-order valence-electron chi connectivity index (χ1n) is 14.6. The molecule has 0 aromatic heterocycles. The standard InChI is InChI=1S/C29H50N4O6/c1-25(20-30)22-38-28(35)11-5-3-7-13-32(14-8-4-6-12-29(36)39-23-26(2)21-31)15-16-33(17-18-34)27-10-9-19-37-24-27/h25-27,34H,3-19,22-24H2,1-2H3. The lowest BCUT2D eigenvalue weighted by Gasteiger charge is -2.35. The summed E-state index contributed by atoms with van der Waals surface area (Å²) in [5.41, 5.74) is 0. The van der Waals surface area contributed by atoms with Crippen LogP contribution in [0.1, 0.15) is 78.1 Å². The highest BCUT2D eigenvalue weighted by Crippen LogP contribution is 2.14. The van der Waals surface area contributed by atoms with E-state index in [0.717, 1.165) is 84.2 Å². The fourth-order valence-electron chi connectivity index (χ4n) is 4.44. The van der Waals surface area contributed by atoms with Crippen molar-refractivity contribution in [3.05, 3.63) is 0 Å². The molecule has 0 amide bonds. The van der Waals surface area contributed by atoms with Gasteiger partial charge in [-0.25, -0.2) is 0 Å². The van der Waals surface area contributed by atoms with E-state index in [1.54, 1.807) is 13.8 Å². The van der Waals surface area contributed by atoms with Crippen molar-refractivity contribution >= 4 is 11.9 Å². The minimum absolute atomic E-state index is 0.128. The van der Waals surface area contributed by atoms with Crippen LogP contribution < -0.4 is 0 Å². The van der Waals surface area contributed by atoms with Gasteiger partial charge in [-0.15, -0.1) is 0 Å². The molecule has 1 heterocycles. The summed E-state index contributed by atoms with van der Waals surface area (Å²) in [6.45, 7) is 9.64. The zero-order valence-electron chi connectivity index (χ0n) is 24.2. The summed E-state index contributed by atoms with van der Waals surface area (Å²) in [6, 6.07) is 4.46. The first-order valence-corrected chi connectivity index (χ1v) is 14.6. The molecule has 39 heavy (non-hydrogen) atoms. The molecule has 0 radical (unpaired) electrons. The lowest BCUT2D eigenvalue weighted by atomic mass is 10.1. The van der Waals surface area contributed by atoms with E-state index >= 15 is 0 Å². The molecule has 3 unspecified atom stereocenters. The topological polar surface area (TPSA) is 136 Å². The van der Waals surface area contributed by atoms with Gasteiger partial charge in [-0.3, -0.25) is 14.5 Å². The maximum absolute atomic E-state index is 11.9. The molecule has 1 N–H and O–H groups in total. The number of carbonyl (C=O) groups is 2. The monoisotopic (exact) mass is 550 g/mol. The Morgan fingerprint density at radius 1 is 0.872 bits per heavy atom. The van der Waals surface area contributed by atoms with Gasteiger partial charge in [-0.1, -0.05) is 12.8 Å². The number of esters is 2. The Morgan fingerprint density at radius 2 is 1.44 bits per heavy atom. The fourth-order valence-corrected chi connectivity index (χ4v) is 4.44. The van der Waals surface area contributed by atoms with Crippen LogP contribution in [0.5, 0.6) is 0 Å². The summed E-state index contributed by atoms with van der Waals surface area (Å²) in [7, 11) is 0. The molecule has 0 bridgehead atoms. The summed E-state index contributed by atoms with van der Waals surface area (Å²) in [6.07, 6.45) is 8.17. The Hall–Kier alpha value is -2.24. The average Bonchev–Trinajstić information content (AvgIpc) is 2.96. The summed E-state index contributed by atoms with van der Waals surface area (Å²) >= 11 is 0. The second-order valence-corrected chi connectivity index (χ2v) is 10.5. The molecule has 10 nitrogen and oxygen atoms in total. The van der Waals surface area contributed by atoms with E-state index < -0.39 is 0 Å². The Balaban J connectivity index is 2.43. The largest absolute Gasteiger partial charge is 0.464 e. The minimum atomic E-state index is -0.286. The van der Waals surface area contributed by atoms with Gasteiger partial charge >= 0.3 is 11.9 Å². The van der Waals surface area contributed by atoms with Gasteiger partial charge in [0.05, 0.1) is 37.2 Å². The molecule has 0 aromatic carbocycles. The highest BCUT2D eigenvalue weighted by atomic mass is 16.5. The van der Waals surface area contributed by atoms with Crippen LogP contribution in [0.25, 0.3) is 0 Å². The molecule has 1 aliphatic rings. The number of unbranched alkanes of at least 4 members (excludes halogenated alkanes) is 4. The molecule has 1 fully saturated rings. The number of nitrogens with zero attached hydrogens (tertiary/aromatic N) is 4. The zero-order chi connectivity index (χ0) is 28.7. The smallest absolute Gasteiger partial charge is 0.305 e. The van der Waals surface area contributed by atoms with Crippen LogP contribution in [-0.4, -0.2) is 98.6 Å². The van der Waals surface area contributed by atoms with E-state index in [-0.39, 0.29) is 43.6 Å². The lowest BCUT2D eigenvalue weighted by Crippen LogP contribution is -2.46. The molecule has 1 rings (SSSR count). The van der Waals surface area contributed by atoms with Gasteiger partial charge in [0.2, 0.25) is 0 Å². The SMILES string of the molecule is CC(C#N)COC(=O)CCCCCN(CCCCCC(=O)OCC(C)C#N)CCN(CCO)C1CCCOC1. The highest BCUT2D eigenvalue weighted by molar-refractivity contribution is 5.69. The highest BCUT2D eigenvalue weighted by Gasteiger charge is 2.22. The molecule has 1 saturated heterocycles. The number of nitriles is 2. The van der Waals surface area contributed by atoms with E-state index in [1.165, 1.54) is 0 Å². The van der Waals surface area contributed by atoms with Crippen molar-refractivity contribution in [2.24, 2.45) is 11.8 Å². The van der Waals surface area contributed by atoms with E-state index in [0.29, 0.717) is 32.0 Å². The normalized spacial score (nSPS) is 16.8. The Bertz CT molecular complexity index is 701. The average molecular weight is 551 g/mol. The molecule has 10 heteroatoms. The Labute approximate surface area is 235 Å². The number of hydrogen-bond donors (Lipinski definition) is 1. The van der Waals surface area contributed by atoms with Crippen LogP contribution in [0, 0.1) is 34.5 Å². The van der Waals surface area contributed by atoms with Crippen molar-refractivity contribution < 1.29 is 28.9 Å².